The van der Waals surface area contributed by atoms with Crippen LogP contribution in [0.25, 0.3) is 11.8 Å². The highest BCUT2D eigenvalue weighted by Gasteiger charge is 2.46. The van der Waals surface area contributed by atoms with Crippen LogP contribution in [-0.4, -0.2) is 22.2 Å². The fraction of sp³-hybridized carbons (Fsp3) is 0.111. The van der Waals surface area contributed by atoms with Crippen LogP contribution in [0, 0.1) is 0 Å². The summed E-state index contributed by atoms with van der Waals surface area (Å²) in [4.78, 5) is 8.20. The zero-order chi connectivity index (χ0) is 17.4. The molecule has 0 fully saturated rings. The second kappa shape index (κ2) is 6.15. The standard InChI is InChI=1S/C18H13ClN2O3S/c1-23-12-2-3-13-14(9-12)18(22,17-21-6-7-25-17)24-16(13)8-11-4-5-20-10-15(11)19/h2-10,22H,1H3. The number of hydrogen-bond donors (Lipinski definition) is 1. The number of thiazole rings is 1. The topological polar surface area (TPSA) is 64.5 Å². The molecule has 1 aliphatic heterocycles. The molecule has 4 rings (SSSR count). The van der Waals surface area contributed by atoms with Gasteiger partial charge in [-0.15, -0.1) is 11.3 Å². The Morgan fingerprint density at radius 1 is 1.32 bits per heavy atom. The Labute approximate surface area is 153 Å². The quantitative estimate of drug-likeness (QED) is 0.754. The normalized spacial score (nSPS) is 20.4. The van der Waals surface area contributed by atoms with Gasteiger partial charge in [0.1, 0.15) is 11.5 Å². The summed E-state index contributed by atoms with van der Waals surface area (Å²) in [5.41, 5.74) is 2.08. The van der Waals surface area contributed by atoms with Crippen molar-refractivity contribution in [2.24, 2.45) is 0 Å². The lowest BCUT2D eigenvalue weighted by molar-refractivity contribution is -0.117. The lowest BCUT2D eigenvalue weighted by atomic mass is 10.0. The van der Waals surface area contributed by atoms with Crippen LogP contribution < -0.4 is 4.74 Å². The fourth-order valence-corrected chi connectivity index (χ4v) is 3.57. The molecule has 0 saturated heterocycles. The largest absolute Gasteiger partial charge is 0.497 e. The van der Waals surface area contributed by atoms with E-state index in [0.29, 0.717) is 27.1 Å². The molecule has 1 unspecified atom stereocenters. The van der Waals surface area contributed by atoms with Crippen LogP contribution in [-0.2, 0) is 10.5 Å². The number of aliphatic hydroxyl groups is 1. The van der Waals surface area contributed by atoms with Gasteiger partial charge in [0.2, 0.25) is 0 Å². The van der Waals surface area contributed by atoms with E-state index in [9.17, 15) is 5.11 Å². The number of pyridine rings is 1. The minimum absolute atomic E-state index is 0.450. The van der Waals surface area contributed by atoms with Crippen LogP contribution in [0.15, 0.2) is 48.2 Å². The molecule has 5 nitrogen and oxygen atoms in total. The summed E-state index contributed by atoms with van der Waals surface area (Å²) >= 11 is 7.51. The van der Waals surface area contributed by atoms with Crippen LogP contribution >= 0.6 is 22.9 Å². The first-order valence-corrected chi connectivity index (χ1v) is 8.69. The van der Waals surface area contributed by atoms with Crippen molar-refractivity contribution in [1.82, 2.24) is 9.97 Å². The van der Waals surface area contributed by atoms with Crippen LogP contribution in [0.2, 0.25) is 5.02 Å². The van der Waals surface area contributed by atoms with Gasteiger partial charge in [-0.25, -0.2) is 4.98 Å². The molecule has 0 spiro atoms. The first-order chi connectivity index (χ1) is 12.1. The highest BCUT2D eigenvalue weighted by atomic mass is 35.5. The molecule has 1 atom stereocenters. The molecule has 1 aliphatic rings. The Balaban J connectivity index is 1.89. The Bertz CT molecular complexity index is 959. The number of hydrogen-bond acceptors (Lipinski definition) is 6. The maximum Gasteiger partial charge on any atom is 0.289 e. The molecule has 0 amide bonds. The van der Waals surface area contributed by atoms with Gasteiger partial charge in [-0.3, -0.25) is 4.98 Å². The molecule has 0 radical (unpaired) electrons. The first kappa shape index (κ1) is 16.1. The predicted octanol–water partition coefficient (Wildman–Crippen LogP) is 3.92. The highest BCUT2D eigenvalue weighted by Crippen LogP contribution is 2.47. The summed E-state index contributed by atoms with van der Waals surface area (Å²) in [5.74, 6) is -0.535. The monoisotopic (exact) mass is 372 g/mol. The number of fused-ring (bicyclic) bond motifs is 1. The molecule has 1 aromatic carbocycles. The van der Waals surface area contributed by atoms with Crippen LogP contribution in [0.5, 0.6) is 5.75 Å². The summed E-state index contributed by atoms with van der Waals surface area (Å²) in [5, 5.41) is 14.0. The minimum Gasteiger partial charge on any atom is -0.497 e. The van der Waals surface area contributed by atoms with Gasteiger partial charge in [0, 0.05) is 35.1 Å². The second-order valence-electron chi connectivity index (χ2n) is 5.40. The average Bonchev–Trinajstić information content (AvgIpc) is 3.25. The summed E-state index contributed by atoms with van der Waals surface area (Å²) in [6.07, 6.45) is 6.61. The molecule has 7 heteroatoms. The molecule has 2 aromatic heterocycles. The summed E-state index contributed by atoms with van der Waals surface area (Å²) < 4.78 is 11.2. The number of aromatic nitrogens is 2. The molecule has 0 saturated carbocycles. The van der Waals surface area contributed by atoms with E-state index in [-0.39, 0.29) is 0 Å². The summed E-state index contributed by atoms with van der Waals surface area (Å²) in [7, 11) is 1.58. The van der Waals surface area contributed by atoms with E-state index < -0.39 is 5.79 Å². The molecular weight excluding hydrogens is 360 g/mol. The van der Waals surface area contributed by atoms with Crippen molar-refractivity contribution in [2.45, 2.75) is 5.79 Å². The van der Waals surface area contributed by atoms with Crippen molar-refractivity contribution in [3.63, 3.8) is 0 Å². The van der Waals surface area contributed by atoms with Crippen molar-refractivity contribution < 1.29 is 14.6 Å². The van der Waals surface area contributed by atoms with Gasteiger partial charge < -0.3 is 14.6 Å². The Morgan fingerprint density at radius 3 is 2.92 bits per heavy atom. The van der Waals surface area contributed by atoms with Gasteiger partial charge in [0.15, 0.2) is 5.01 Å². The smallest absolute Gasteiger partial charge is 0.289 e. The Hall–Kier alpha value is -2.41. The molecule has 3 aromatic rings. The number of benzene rings is 1. The van der Waals surface area contributed by atoms with E-state index in [0.717, 1.165) is 11.1 Å². The number of nitrogens with zero attached hydrogens (tertiary/aromatic N) is 2. The zero-order valence-electron chi connectivity index (χ0n) is 13.1. The van der Waals surface area contributed by atoms with Gasteiger partial charge in [0.25, 0.3) is 5.79 Å². The van der Waals surface area contributed by atoms with E-state index in [1.54, 1.807) is 49.3 Å². The number of halogens is 1. The van der Waals surface area contributed by atoms with Gasteiger partial charge >= 0.3 is 0 Å². The SMILES string of the molecule is COc1ccc2c(c1)C(O)(c1nccs1)OC2=Cc1ccncc1Cl. The summed E-state index contributed by atoms with van der Waals surface area (Å²) in [6, 6.07) is 7.20. The summed E-state index contributed by atoms with van der Waals surface area (Å²) in [6.45, 7) is 0. The highest BCUT2D eigenvalue weighted by molar-refractivity contribution is 7.09. The number of ether oxygens (including phenoxy) is 2. The average molecular weight is 373 g/mol. The lowest BCUT2D eigenvalue weighted by Crippen LogP contribution is -2.25. The van der Waals surface area contributed by atoms with Crippen molar-refractivity contribution in [3.05, 3.63) is 75.0 Å². The predicted molar refractivity (Wildman–Crippen MR) is 96.3 cm³/mol. The Kier molecular flexibility index (Phi) is 3.95. The molecule has 0 bridgehead atoms. The van der Waals surface area contributed by atoms with Crippen molar-refractivity contribution >= 4 is 34.8 Å². The number of rotatable bonds is 3. The molecule has 25 heavy (non-hydrogen) atoms. The van der Waals surface area contributed by atoms with Crippen molar-refractivity contribution in [3.8, 4) is 5.75 Å². The van der Waals surface area contributed by atoms with E-state index >= 15 is 0 Å². The van der Waals surface area contributed by atoms with Gasteiger partial charge in [-0.2, -0.15) is 0 Å². The van der Waals surface area contributed by atoms with Crippen molar-refractivity contribution in [2.75, 3.05) is 7.11 Å². The molecule has 126 valence electrons. The molecule has 0 aliphatic carbocycles. The third kappa shape index (κ3) is 2.68. The Morgan fingerprint density at radius 2 is 2.20 bits per heavy atom. The number of methoxy groups -OCH3 is 1. The second-order valence-corrected chi connectivity index (χ2v) is 6.70. The fourth-order valence-electron chi connectivity index (χ4n) is 2.72. The maximum atomic E-state index is 11.2. The van der Waals surface area contributed by atoms with Gasteiger partial charge in [0.05, 0.1) is 12.1 Å². The van der Waals surface area contributed by atoms with Crippen molar-refractivity contribution in [1.29, 1.82) is 0 Å². The maximum absolute atomic E-state index is 11.2. The molecule has 1 N–H and O–H groups in total. The van der Waals surface area contributed by atoms with Gasteiger partial charge in [-0.05, 0) is 35.9 Å². The third-order valence-electron chi connectivity index (χ3n) is 3.93. The van der Waals surface area contributed by atoms with E-state index in [1.807, 2.05) is 12.1 Å². The van der Waals surface area contributed by atoms with Crippen LogP contribution in [0.1, 0.15) is 21.7 Å². The molecular formula is C18H13ClN2O3S. The van der Waals surface area contributed by atoms with E-state index in [4.69, 9.17) is 21.1 Å². The van der Waals surface area contributed by atoms with E-state index in [1.165, 1.54) is 11.3 Å². The third-order valence-corrected chi connectivity index (χ3v) is 5.11. The first-order valence-electron chi connectivity index (χ1n) is 7.43. The van der Waals surface area contributed by atoms with Crippen LogP contribution in [0.4, 0.5) is 0 Å². The zero-order valence-corrected chi connectivity index (χ0v) is 14.7. The van der Waals surface area contributed by atoms with E-state index in [2.05, 4.69) is 9.97 Å². The molecule has 3 heterocycles. The van der Waals surface area contributed by atoms with Crippen LogP contribution in [0.3, 0.4) is 0 Å². The lowest BCUT2D eigenvalue weighted by Gasteiger charge is -2.20. The minimum atomic E-state index is -1.66. The van der Waals surface area contributed by atoms with Gasteiger partial charge in [-0.1, -0.05) is 11.6 Å².